The predicted molar refractivity (Wildman–Crippen MR) is 85.2 cm³/mol. The van der Waals surface area contributed by atoms with Crippen molar-refractivity contribution in [2.45, 2.75) is 0 Å². The number of carboxylic acids is 2. The van der Waals surface area contributed by atoms with Crippen LogP contribution in [0, 0.1) is 0 Å². The highest BCUT2D eigenvalue weighted by molar-refractivity contribution is 6.02. The summed E-state index contributed by atoms with van der Waals surface area (Å²) in [5.41, 5.74) is -1.42. The Morgan fingerprint density at radius 2 is 1.56 bits per heavy atom. The minimum Gasteiger partial charge on any atom is -0.508 e. The number of hydrogen-bond acceptors (Lipinski definition) is 6. The van der Waals surface area contributed by atoms with Crippen LogP contribution in [0.2, 0.25) is 0 Å². The molecular formula is C17H10O8. The molecule has 2 aromatic carbocycles. The summed E-state index contributed by atoms with van der Waals surface area (Å²) >= 11 is 0. The third kappa shape index (κ3) is 2.76. The van der Waals surface area contributed by atoms with Crippen molar-refractivity contribution in [3.63, 3.8) is 0 Å². The molecule has 0 radical (unpaired) electrons. The van der Waals surface area contributed by atoms with Crippen molar-refractivity contribution in [2.24, 2.45) is 0 Å². The Kier molecular flexibility index (Phi) is 3.65. The zero-order valence-corrected chi connectivity index (χ0v) is 12.4. The van der Waals surface area contributed by atoms with Gasteiger partial charge in [-0.2, -0.15) is 0 Å². The van der Waals surface area contributed by atoms with Gasteiger partial charge in [-0.1, -0.05) is 6.07 Å². The number of hydrogen-bond donors (Lipinski definition) is 4. The second-order valence-electron chi connectivity index (χ2n) is 5.18. The molecule has 25 heavy (non-hydrogen) atoms. The SMILES string of the molecule is O=C(O)c1ccc(-c2cc(=O)c3c(O)cc(O)cc3o2)cc1C(=O)O. The third-order valence-corrected chi connectivity index (χ3v) is 3.56. The van der Waals surface area contributed by atoms with Crippen LogP contribution in [0.25, 0.3) is 22.3 Å². The van der Waals surface area contributed by atoms with Gasteiger partial charge in [0.05, 0.1) is 11.1 Å². The molecule has 0 atom stereocenters. The van der Waals surface area contributed by atoms with Gasteiger partial charge in [0.15, 0.2) is 5.43 Å². The molecule has 8 nitrogen and oxygen atoms in total. The molecule has 0 aliphatic rings. The maximum Gasteiger partial charge on any atom is 0.336 e. The first-order valence-electron chi connectivity index (χ1n) is 6.89. The molecule has 0 aliphatic carbocycles. The van der Waals surface area contributed by atoms with E-state index in [2.05, 4.69) is 0 Å². The van der Waals surface area contributed by atoms with E-state index in [-0.39, 0.29) is 28.0 Å². The van der Waals surface area contributed by atoms with E-state index in [9.17, 15) is 24.6 Å². The lowest BCUT2D eigenvalue weighted by Gasteiger charge is -2.07. The molecule has 3 rings (SSSR count). The first-order valence-corrected chi connectivity index (χ1v) is 6.89. The molecule has 0 fully saturated rings. The summed E-state index contributed by atoms with van der Waals surface area (Å²) in [6, 6.07) is 6.61. The molecule has 0 bridgehead atoms. The average molecular weight is 342 g/mol. The van der Waals surface area contributed by atoms with Crippen LogP contribution in [0.15, 0.2) is 45.6 Å². The fraction of sp³-hybridized carbons (Fsp3) is 0. The largest absolute Gasteiger partial charge is 0.508 e. The minimum absolute atomic E-state index is 0.0399. The first-order chi connectivity index (χ1) is 11.8. The van der Waals surface area contributed by atoms with Gasteiger partial charge >= 0.3 is 11.9 Å². The smallest absolute Gasteiger partial charge is 0.336 e. The van der Waals surface area contributed by atoms with Gasteiger partial charge in [0.1, 0.15) is 28.2 Å². The molecule has 0 aliphatic heterocycles. The predicted octanol–water partition coefficient (Wildman–Crippen LogP) is 2.27. The zero-order chi connectivity index (χ0) is 18.3. The summed E-state index contributed by atoms with van der Waals surface area (Å²) in [4.78, 5) is 34.5. The van der Waals surface area contributed by atoms with Crippen LogP contribution in [0.1, 0.15) is 20.7 Å². The number of phenolic OH excluding ortho intramolecular Hbond substituents is 2. The monoisotopic (exact) mass is 342 g/mol. The fourth-order valence-corrected chi connectivity index (χ4v) is 2.46. The van der Waals surface area contributed by atoms with E-state index in [0.717, 1.165) is 30.3 Å². The molecule has 126 valence electrons. The summed E-state index contributed by atoms with van der Waals surface area (Å²) in [6.45, 7) is 0. The van der Waals surface area contributed by atoms with E-state index in [4.69, 9.17) is 14.6 Å². The Morgan fingerprint density at radius 3 is 2.20 bits per heavy atom. The van der Waals surface area contributed by atoms with E-state index in [1.807, 2.05) is 0 Å². The molecule has 4 N–H and O–H groups in total. The number of benzene rings is 2. The fourth-order valence-electron chi connectivity index (χ4n) is 2.46. The lowest BCUT2D eigenvalue weighted by Crippen LogP contribution is -2.08. The van der Waals surface area contributed by atoms with E-state index in [1.165, 1.54) is 6.07 Å². The van der Waals surface area contributed by atoms with Crippen molar-refractivity contribution in [3.05, 3.63) is 57.7 Å². The van der Waals surface area contributed by atoms with Gasteiger partial charge in [0.2, 0.25) is 0 Å². The van der Waals surface area contributed by atoms with Gasteiger partial charge in [-0.15, -0.1) is 0 Å². The maximum absolute atomic E-state index is 12.2. The lowest BCUT2D eigenvalue weighted by molar-refractivity contribution is 0.0651. The summed E-state index contributed by atoms with van der Waals surface area (Å²) in [5, 5.41) is 37.3. The van der Waals surface area contributed by atoms with E-state index in [1.54, 1.807) is 0 Å². The molecule has 3 aromatic rings. The summed E-state index contributed by atoms with van der Waals surface area (Å²) in [6.07, 6.45) is 0. The number of carboxylic acid groups (broad SMARTS) is 2. The Morgan fingerprint density at radius 1 is 0.880 bits per heavy atom. The molecule has 1 heterocycles. The van der Waals surface area contributed by atoms with Crippen LogP contribution in [0.4, 0.5) is 0 Å². The van der Waals surface area contributed by atoms with Gasteiger partial charge in [-0.3, -0.25) is 4.79 Å². The lowest BCUT2D eigenvalue weighted by atomic mass is 10.0. The summed E-state index contributed by atoms with van der Waals surface area (Å²) in [7, 11) is 0. The van der Waals surface area contributed by atoms with Crippen molar-refractivity contribution in [1.82, 2.24) is 0 Å². The number of phenols is 2. The van der Waals surface area contributed by atoms with E-state index < -0.39 is 34.2 Å². The van der Waals surface area contributed by atoms with Gasteiger partial charge in [-0.25, -0.2) is 9.59 Å². The standard InChI is InChI=1S/C17H10O8/c18-8-4-11(19)15-12(20)6-13(25-14(15)5-8)7-1-2-9(16(21)22)10(3-7)17(23)24/h1-6,18-19H,(H,21,22)(H,23,24). The van der Waals surface area contributed by atoms with Crippen LogP contribution < -0.4 is 5.43 Å². The summed E-state index contributed by atoms with van der Waals surface area (Å²) < 4.78 is 5.47. The first kappa shape index (κ1) is 16.1. The number of rotatable bonds is 3. The van der Waals surface area contributed by atoms with Crippen LogP contribution in [-0.4, -0.2) is 32.4 Å². The highest BCUT2D eigenvalue weighted by Crippen LogP contribution is 2.31. The molecule has 0 saturated carbocycles. The molecule has 8 heteroatoms. The van der Waals surface area contributed by atoms with Gasteiger partial charge < -0.3 is 24.8 Å². The van der Waals surface area contributed by atoms with E-state index >= 15 is 0 Å². The van der Waals surface area contributed by atoms with Gasteiger partial charge in [0, 0.05) is 23.8 Å². The Bertz CT molecular complexity index is 1090. The van der Waals surface area contributed by atoms with Crippen molar-refractivity contribution in [3.8, 4) is 22.8 Å². The third-order valence-electron chi connectivity index (χ3n) is 3.56. The number of aromatic carboxylic acids is 2. The van der Waals surface area contributed by atoms with Crippen molar-refractivity contribution < 1.29 is 34.4 Å². The highest BCUT2D eigenvalue weighted by atomic mass is 16.4. The second kappa shape index (κ2) is 5.68. The molecule has 0 spiro atoms. The average Bonchev–Trinajstić information content (AvgIpc) is 2.52. The van der Waals surface area contributed by atoms with Crippen LogP contribution in [-0.2, 0) is 0 Å². The Balaban J connectivity index is 2.27. The van der Waals surface area contributed by atoms with Crippen molar-refractivity contribution in [1.29, 1.82) is 0 Å². The zero-order valence-electron chi connectivity index (χ0n) is 12.4. The van der Waals surface area contributed by atoms with Crippen LogP contribution in [0.3, 0.4) is 0 Å². The molecule has 0 unspecified atom stereocenters. The number of carbonyl (C=O) groups is 2. The highest BCUT2D eigenvalue weighted by Gasteiger charge is 2.18. The maximum atomic E-state index is 12.2. The van der Waals surface area contributed by atoms with Crippen molar-refractivity contribution >= 4 is 22.9 Å². The number of fused-ring (bicyclic) bond motifs is 1. The molecular weight excluding hydrogens is 332 g/mol. The second-order valence-corrected chi connectivity index (χ2v) is 5.18. The molecule has 0 saturated heterocycles. The Labute approximate surface area is 138 Å². The van der Waals surface area contributed by atoms with Gasteiger partial charge in [0.25, 0.3) is 0 Å². The quantitative estimate of drug-likeness (QED) is 0.567. The summed E-state index contributed by atoms with van der Waals surface area (Å²) in [5.74, 6) is -3.67. The minimum atomic E-state index is -1.45. The topological polar surface area (TPSA) is 145 Å². The van der Waals surface area contributed by atoms with Crippen LogP contribution >= 0.6 is 0 Å². The van der Waals surface area contributed by atoms with E-state index in [0.29, 0.717) is 0 Å². The van der Waals surface area contributed by atoms with Crippen molar-refractivity contribution in [2.75, 3.05) is 0 Å². The normalized spacial score (nSPS) is 10.7. The molecule has 0 amide bonds. The van der Waals surface area contributed by atoms with Gasteiger partial charge in [-0.05, 0) is 12.1 Å². The molecule has 1 aromatic heterocycles. The number of aromatic hydroxyl groups is 2. The van der Waals surface area contributed by atoms with Crippen LogP contribution in [0.5, 0.6) is 11.5 Å². The Hall–Kier alpha value is -3.81.